The predicted octanol–water partition coefficient (Wildman–Crippen LogP) is 1.26. The van der Waals surface area contributed by atoms with E-state index in [1.54, 1.807) is 0 Å². The van der Waals surface area contributed by atoms with Gasteiger partial charge in [0.2, 0.25) is 0 Å². The maximum Gasteiger partial charge on any atom is 0.0930 e. The third kappa shape index (κ3) is 7.34. The average Bonchev–Trinajstić information content (AvgIpc) is 1.91. The zero-order valence-corrected chi connectivity index (χ0v) is 7.15. The van der Waals surface area contributed by atoms with Crippen LogP contribution < -0.4 is 5.32 Å². The molecule has 0 aliphatic rings. The first-order valence-corrected chi connectivity index (χ1v) is 3.22. The minimum absolute atomic E-state index is 0.931. The Morgan fingerprint density at radius 1 is 1.33 bits per heavy atom. The van der Waals surface area contributed by atoms with E-state index in [9.17, 15) is 0 Å². The Kier molecular flexibility index (Phi) is 9.12. The SMILES string of the molecule is C=C(NC)N(C)C.CC. The van der Waals surface area contributed by atoms with Gasteiger partial charge in [-0.05, 0) is 0 Å². The first-order chi connectivity index (χ1) is 4.18. The highest BCUT2D eigenvalue weighted by atomic mass is 15.2. The van der Waals surface area contributed by atoms with E-state index in [1.807, 2.05) is 39.9 Å². The molecule has 0 aliphatic heterocycles. The van der Waals surface area contributed by atoms with Gasteiger partial charge in [0.25, 0.3) is 0 Å². The van der Waals surface area contributed by atoms with E-state index in [0.717, 1.165) is 5.82 Å². The predicted molar refractivity (Wildman–Crippen MR) is 43.2 cm³/mol. The van der Waals surface area contributed by atoms with Crippen LogP contribution >= 0.6 is 0 Å². The molecule has 0 fully saturated rings. The van der Waals surface area contributed by atoms with Gasteiger partial charge in [0, 0.05) is 21.1 Å². The lowest BCUT2D eigenvalue weighted by Crippen LogP contribution is -2.20. The lowest BCUT2D eigenvalue weighted by atomic mass is 10.7. The second-order valence-corrected chi connectivity index (χ2v) is 1.59. The monoisotopic (exact) mass is 130 g/mol. The Morgan fingerprint density at radius 2 is 1.67 bits per heavy atom. The molecule has 0 aromatic heterocycles. The summed E-state index contributed by atoms with van der Waals surface area (Å²) >= 11 is 0. The van der Waals surface area contributed by atoms with Crippen LogP contribution in [0.5, 0.6) is 0 Å². The fourth-order valence-corrected chi connectivity index (χ4v) is 0.224. The minimum atomic E-state index is 0.931. The molecule has 0 saturated carbocycles. The van der Waals surface area contributed by atoms with Crippen molar-refractivity contribution in [3.8, 4) is 0 Å². The van der Waals surface area contributed by atoms with Crippen molar-refractivity contribution < 1.29 is 0 Å². The molecule has 9 heavy (non-hydrogen) atoms. The van der Waals surface area contributed by atoms with E-state index in [1.165, 1.54) is 0 Å². The molecule has 56 valence electrons. The highest BCUT2D eigenvalue weighted by Gasteiger charge is 1.85. The molecule has 0 spiro atoms. The Balaban J connectivity index is 0. The van der Waals surface area contributed by atoms with Crippen LogP contribution in [-0.2, 0) is 0 Å². The van der Waals surface area contributed by atoms with E-state index < -0.39 is 0 Å². The van der Waals surface area contributed by atoms with Crippen molar-refractivity contribution >= 4 is 0 Å². The van der Waals surface area contributed by atoms with Crippen molar-refractivity contribution in [1.82, 2.24) is 10.2 Å². The van der Waals surface area contributed by atoms with E-state index in [-0.39, 0.29) is 0 Å². The Morgan fingerprint density at radius 3 is 1.67 bits per heavy atom. The van der Waals surface area contributed by atoms with Gasteiger partial charge in [0.15, 0.2) is 0 Å². The zero-order valence-electron chi connectivity index (χ0n) is 7.15. The molecule has 2 heteroatoms. The Hall–Kier alpha value is -0.660. The molecule has 0 saturated heterocycles. The van der Waals surface area contributed by atoms with Crippen molar-refractivity contribution in [2.75, 3.05) is 21.1 Å². The largest absolute Gasteiger partial charge is 0.375 e. The summed E-state index contributed by atoms with van der Waals surface area (Å²) in [6, 6.07) is 0. The standard InChI is InChI=1S/C5H12N2.C2H6/c1-5(6-2)7(3)4;1-2/h6H,1H2,2-4H3;1-2H3. The molecular weight excluding hydrogens is 112 g/mol. The molecule has 0 heterocycles. The first-order valence-electron chi connectivity index (χ1n) is 3.22. The van der Waals surface area contributed by atoms with Crippen LogP contribution in [0.1, 0.15) is 13.8 Å². The van der Waals surface area contributed by atoms with Crippen LogP contribution in [0.2, 0.25) is 0 Å². The van der Waals surface area contributed by atoms with Gasteiger partial charge in [0.05, 0.1) is 5.82 Å². The second kappa shape index (κ2) is 7.34. The highest BCUT2D eigenvalue weighted by Crippen LogP contribution is 1.82. The lowest BCUT2D eigenvalue weighted by Gasteiger charge is -2.13. The third-order valence-electron chi connectivity index (χ3n) is 0.828. The average molecular weight is 130 g/mol. The van der Waals surface area contributed by atoms with Gasteiger partial charge in [-0.3, -0.25) is 0 Å². The number of nitrogens with one attached hydrogen (secondary N) is 1. The maximum absolute atomic E-state index is 3.69. The van der Waals surface area contributed by atoms with Crippen molar-refractivity contribution in [2.45, 2.75) is 13.8 Å². The molecule has 0 unspecified atom stereocenters. The summed E-state index contributed by atoms with van der Waals surface area (Å²) in [4.78, 5) is 1.92. The molecule has 0 aliphatic carbocycles. The van der Waals surface area contributed by atoms with Crippen molar-refractivity contribution in [2.24, 2.45) is 0 Å². The number of nitrogens with zero attached hydrogens (tertiary/aromatic N) is 1. The van der Waals surface area contributed by atoms with Crippen LogP contribution in [0.15, 0.2) is 12.4 Å². The molecule has 0 atom stereocenters. The van der Waals surface area contributed by atoms with Crippen LogP contribution in [0.3, 0.4) is 0 Å². The fourth-order valence-electron chi connectivity index (χ4n) is 0.224. The fraction of sp³-hybridized carbons (Fsp3) is 0.714. The molecule has 0 radical (unpaired) electrons. The second-order valence-electron chi connectivity index (χ2n) is 1.59. The van der Waals surface area contributed by atoms with E-state index in [2.05, 4.69) is 11.9 Å². The summed E-state index contributed by atoms with van der Waals surface area (Å²) in [5.41, 5.74) is 0. The molecule has 0 aromatic rings. The summed E-state index contributed by atoms with van der Waals surface area (Å²) < 4.78 is 0. The van der Waals surface area contributed by atoms with Crippen LogP contribution in [-0.4, -0.2) is 26.0 Å². The summed E-state index contributed by atoms with van der Waals surface area (Å²) in [5, 5.41) is 2.90. The normalized spacial score (nSPS) is 6.78. The van der Waals surface area contributed by atoms with Gasteiger partial charge in [-0.25, -0.2) is 0 Å². The summed E-state index contributed by atoms with van der Waals surface area (Å²) in [5.74, 6) is 0.931. The van der Waals surface area contributed by atoms with E-state index >= 15 is 0 Å². The Bertz CT molecular complexity index is 67.3. The minimum Gasteiger partial charge on any atom is -0.375 e. The summed E-state index contributed by atoms with van der Waals surface area (Å²) in [7, 11) is 5.74. The highest BCUT2D eigenvalue weighted by molar-refractivity contribution is 4.84. The quantitative estimate of drug-likeness (QED) is 0.605. The summed E-state index contributed by atoms with van der Waals surface area (Å²) in [6.45, 7) is 7.69. The molecule has 0 amide bonds. The smallest absolute Gasteiger partial charge is 0.0930 e. The van der Waals surface area contributed by atoms with Crippen LogP contribution in [0, 0.1) is 0 Å². The first kappa shape index (κ1) is 11.2. The zero-order chi connectivity index (χ0) is 7.86. The molecule has 0 bridgehead atoms. The summed E-state index contributed by atoms with van der Waals surface area (Å²) in [6.07, 6.45) is 0. The van der Waals surface area contributed by atoms with Crippen molar-refractivity contribution in [3.05, 3.63) is 12.4 Å². The lowest BCUT2D eigenvalue weighted by molar-refractivity contribution is 0.479. The third-order valence-corrected chi connectivity index (χ3v) is 0.828. The van der Waals surface area contributed by atoms with Crippen molar-refractivity contribution in [1.29, 1.82) is 0 Å². The van der Waals surface area contributed by atoms with Gasteiger partial charge >= 0.3 is 0 Å². The van der Waals surface area contributed by atoms with Gasteiger partial charge in [0.1, 0.15) is 0 Å². The number of hydrogen-bond acceptors (Lipinski definition) is 2. The maximum atomic E-state index is 3.69. The Labute approximate surface area is 58.6 Å². The van der Waals surface area contributed by atoms with Gasteiger partial charge < -0.3 is 10.2 Å². The van der Waals surface area contributed by atoms with Crippen LogP contribution in [0.4, 0.5) is 0 Å². The van der Waals surface area contributed by atoms with Crippen molar-refractivity contribution in [3.63, 3.8) is 0 Å². The molecule has 2 nitrogen and oxygen atoms in total. The topological polar surface area (TPSA) is 15.3 Å². The van der Waals surface area contributed by atoms with Gasteiger partial charge in [-0.1, -0.05) is 20.4 Å². The molecule has 0 aromatic carbocycles. The molecule has 1 N–H and O–H groups in total. The molecular formula is C7H18N2. The molecule has 0 rings (SSSR count). The van der Waals surface area contributed by atoms with Crippen LogP contribution in [0.25, 0.3) is 0 Å². The van der Waals surface area contributed by atoms with Gasteiger partial charge in [-0.15, -0.1) is 0 Å². The number of hydrogen-bond donors (Lipinski definition) is 1. The number of rotatable bonds is 2. The van der Waals surface area contributed by atoms with Gasteiger partial charge in [-0.2, -0.15) is 0 Å². The van der Waals surface area contributed by atoms with E-state index in [4.69, 9.17) is 0 Å². The van der Waals surface area contributed by atoms with E-state index in [0.29, 0.717) is 0 Å².